The summed E-state index contributed by atoms with van der Waals surface area (Å²) in [5.41, 5.74) is 2.38. The molecule has 0 saturated carbocycles. The summed E-state index contributed by atoms with van der Waals surface area (Å²) in [4.78, 5) is 13.7. The second kappa shape index (κ2) is 5.89. The number of fused-ring (bicyclic) bond motifs is 1. The zero-order valence-corrected chi connectivity index (χ0v) is 11.8. The molecule has 0 radical (unpaired) electrons. The Bertz CT molecular complexity index is 574. The van der Waals surface area contributed by atoms with Crippen LogP contribution < -0.4 is 5.32 Å². The van der Waals surface area contributed by atoms with E-state index in [2.05, 4.69) is 28.2 Å². The fourth-order valence-corrected chi connectivity index (χ4v) is 2.26. The van der Waals surface area contributed by atoms with E-state index in [1.54, 1.807) is 4.90 Å². The fraction of sp³-hybridized carbons (Fsp3) is 0.400. The molecule has 4 nitrogen and oxygen atoms in total. The molecule has 1 N–H and O–H groups in total. The lowest BCUT2D eigenvalue weighted by molar-refractivity contribution is -0.129. The molecule has 4 heteroatoms. The predicted octanol–water partition coefficient (Wildman–Crippen LogP) is 1.75. The number of hydrogen-bond donors (Lipinski definition) is 1. The van der Waals surface area contributed by atoms with Crippen molar-refractivity contribution in [3.8, 4) is 0 Å². The maximum atomic E-state index is 11.9. The van der Waals surface area contributed by atoms with Gasteiger partial charge in [0.15, 0.2) is 0 Å². The van der Waals surface area contributed by atoms with E-state index in [4.69, 9.17) is 0 Å². The summed E-state index contributed by atoms with van der Waals surface area (Å²) in [5.74, 6) is 0.120. The Hall–Kier alpha value is -1.81. The lowest BCUT2D eigenvalue weighted by atomic mass is 10.1. The maximum Gasteiger partial charge on any atom is 0.236 e. The van der Waals surface area contributed by atoms with Crippen LogP contribution in [0, 0.1) is 0 Å². The van der Waals surface area contributed by atoms with E-state index in [0.29, 0.717) is 13.1 Å². The van der Waals surface area contributed by atoms with E-state index in [-0.39, 0.29) is 5.91 Å². The van der Waals surface area contributed by atoms with Crippen molar-refractivity contribution in [3.05, 3.63) is 36.0 Å². The van der Waals surface area contributed by atoms with Crippen molar-refractivity contribution in [2.24, 2.45) is 7.05 Å². The zero-order chi connectivity index (χ0) is 13.8. The van der Waals surface area contributed by atoms with E-state index in [1.165, 1.54) is 16.5 Å². The number of nitrogens with one attached hydrogen (secondary N) is 1. The van der Waals surface area contributed by atoms with Gasteiger partial charge in [-0.1, -0.05) is 25.1 Å². The second-order valence-electron chi connectivity index (χ2n) is 4.81. The first-order chi connectivity index (χ1) is 9.13. The molecule has 0 saturated heterocycles. The SMILES string of the molecule is CCNCC(=O)N(C)Cc1cn(C)c2ccccc12. The number of nitrogens with zero attached hydrogens (tertiary/aromatic N) is 2. The highest BCUT2D eigenvalue weighted by Crippen LogP contribution is 2.21. The van der Waals surface area contributed by atoms with Gasteiger partial charge < -0.3 is 14.8 Å². The van der Waals surface area contributed by atoms with Crippen LogP contribution in [0.5, 0.6) is 0 Å². The molecule has 0 unspecified atom stereocenters. The van der Waals surface area contributed by atoms with Crippen molar-refractivity contribution in [1.82, 2.24) is 14.8 Å². The molecule has 1 aromatic heterocycles. The Kier molecular flexibility index (Phi) is 4.22. The van der Waals surface area contributed by atoms with Crippen molar-refractivity contribution in [2.45, 2.75) is 13.5 Å². The van der Waals surface area contributed by atoms with Crippen LogP contribution >= 0.6 is 0 Å². The summed E-state index contributed by atoms with van der Waals surface area (Å²) < 4.78 is 2.10. The van der Waals surface area contributed by atoms with Crippen LogP contribution in [0.3, 0.4) is 0 Å². The molecule has 102 valence electrons. The molecule has 0 fully saturated rings. The second-order valence-corrected chi connectivity index (χ2v) is 4.81. The number of aryl methyl sites for hydroxylation is 1. The molecule has 0 spiro atoms. The highest BCUT2D eigenvalue weighted by molar-refractivity contribution is 5.84. The lowest BCUT2D eigenvalue weighted by Gasteiger charge is -2.16. The summed E-state index contributed by atoms with van der Waals surface area (Å²) in [6, 6.07) is 8.27. The van der Waals surface area contributed by atoms with Gasteiger partial charge in [-0.2, -0.15) is 0 Å². The first-order valence-corrected chi connectivity index (χ1v) is 6.61. The van der Waals surface area contributed by atoms with Gasteiger partial charge >= 0.3 is 0 Å². The van der Waals surface area contributed by atoms with Gasteiger partial charge in [0.1, 0.15) is 0 Å². The zero-order valence-electron chi connectivity index (χ0n) is 11.8. The minimum absolute atomic E-state index is 0.120. The van der Waals surface area contributed by atoms with Gasteiger partial charge in [-0.3, -0.25) is 4.79 Å². The lowest BCUT2D eigenvalue weighted by Crippen LogP contribution is -2.35. The Morgan fingerprint density at radius 3 is 2.84 bits per heavy atom. The molecule has 2 aromatic rings. The quantitative estimate of drug-likeness (QED) is 0.888. The molecule has 0 bridgehead atoms. The third kappa shape index (κ3) is 2.96. The first kappa shape index (κ1) is 13.6. The highest BCUT2D eigenvalue weighted by Gasteiger charge is 2.12. The van der Waals surface area contributed by atoms with Crippen LogP contribution in [0.4, 0.5) is 0 Å². The van der Waals surface area contributed by atoms with Crippen LogP contribution in [-0.4, -0.2) is 35.5 Å². The van der Waals surface area contributed by atoms with Crippen molar-refractivity contribution in [3.63, 3.8) is 0 Å². The molecule has 19 heavy (non-hydrogen) atoms. The molecule has 0 aliphatic heterocycles. The van der Waals surface area contributed by atoms with Gasteiger partial charge in [-0.25, -0.2) is 0 Å². The molecule has 1 aromatic carbocycles. The summed E-state index contributed by atoms with van der Waals surface area (Å²) in [6.45, 7) is 3.86. The maximum absolute atomic E-state index is 11.9. The number of carbonyl (C=O) groups excluding carboxylic acids is 1. The number of para-hydroxylation sites is 1. The highest BCUT2D eigenvalue weighted by atomic mass is 16.2. The normalized spacial score (nSPS) is 10.9. The Balaban J connectivity index is 2.15. The summed E-state index contributed by atoms with van der Waals surface area (Å²) in [5, 5.41) is 4.28. The van der Waals surface area contributed by atoms with Gasteiger partial charge in [-0.15, -0.1) is 0 Å². The van der Waals surface area contributed by atoms with Crippen LogP contribution in [0.1, 0.15) is 12.5 Å². The van der Waals surface area contributed by atoms with E-state index >= 15 is 0 Å². The smallest absolute Gasteiger partial charge is 0.236 e. The molecule has 1 heterocycles. The predicted molar refractivity (Wildman–Crippen MR) is 77.9 cm³/mol. The van der Waals surface area contributed by atoms with E-state index in [1.807, 2.05) is 33.2 Å². The standard InChI is InChI=1S/C15H21N3O/c1-4-16-9-15(19)18(3)11-12-10-17(2)14-8-6-5-7-13(12)14/h5-8,10,16H,4,9,11H2,1-3H3. The van der Waals surface area contributed by atoms with Gasteiger partial charge in [-0.05, 0) is 18.2 Å². The van der Waals surface area contributed by atoms with Gasteiger partial charge in [0.05, 0.1) is 6.54 Å². The minimum Gasteiger partial charge on any atom is -0.350 e. The monoisotopic (exact) mass is 259 g/mol. The largest absolute Gasteiger partial charge is 0.350 e. The number of carbonyl (C=O) groups is 1. The van der Waals surface area contributed by atoms with Crippen molar-refractivity contribution in [1.29, 1.82) is 0 Å². The molecule has 0 aliphatic carbocycles. The number of rotatable bonds is 5. The van der Waals surface area contributed by atoms with Gasteiger partial charge in [0, 0.05) is 37.7 Å². The van der Waals surface area contributed by atoms with E-state index in [9.17, 15) is 4.79 Å². The number of likely N-dealkylation sites (N-methyl/N-ethyl adjacent to an activating group) is 2. The van der Waals surface area contributed by atoms with Crippen LogP contribution in [-0.2, 0) is 18.4 Å². The number of amides is 1. The molecule has 0 aliphatic rings. The molecular formula is C15H21N3O. The molecular weight excluding hydrogens is 238 g/mol. The minimum atomic E-state index is 0.120. The number of benzene rings is 1. The van der Waals surface area contributed by atoms with Crippen LogP contribution in [0.2, 0.25) is 0 Å². The van der Waals surface area contributed by atoms with Gasteiger partial charge in [0.25, 0.3) is 0 Å². The third-order valence-corrected chi connectivity index (χ3v) is 3.34. The Labute approximate surface area is 114 Å². The average Bonchev–Trinajstić information content (AvgIpc) is 2.73. The van der Waals surface area contributed by atoms with Crippen LogP contribution in [0.25, 0.3) is 10.9 Å². The van der Waals surface area contributed by atoms with Crippen LogP contribution in [0.15, 0.2) is 30.5 Å². The van der Waals surface area contributed by atoms with Crippen molar-refractivity contribution < 1.29 is 4.79 Å². The van der Waals surface area contributed by atoms with Crippen molar-refractivity contribution in [2.75, 3.05) is 20.1 Å². The molecule has 0 atom stereocenters. The first-order valence-electron chi connectivity index (χ1n) is 6.61. The van der Waals surface area contributed by atoms with E-state index < -0.39 is 0 Å². The summed E-state index contributed by atoms with van der Waals surface area (Å²) >= 11 is 0. The molecule has 2 rings (SSSR count). The van der Waals surface area contributed by atoms with Gasteiger partial charge in [0.2, 0.25) is 5.91 Å². The third-order valence-electron chi connectivity index (χ3n) is 3.34. The number of hydrogen-bond acceptors (Lipinski definition) is 2. The Morgan fingerprint density at radius 2 is 2.11 bits per heavy atom. The average molecular weight is 259 g/mol. The fourth-order valence-electron chi connectivity index (χ4n) is 2.26. The molecule has 1 amide bonds. The summed E-state index contributed by atoms with van der Waals surface area (Å²) in [7, 11) is 3.88. The number of aromatic nitrogens is 1. The van der Waals surface area contributed by atoms with E-state index in [0.717, 1.165) is 6.54 Å². The topological polar surface area (TPSA) is 37.3 Å². The summed E-state index contributed by atoms with van der Waals surface area (Å²) in [6.07, 6.45) is 2.10. The Morgan fingerprint density at radius 1 is 1.37 bits per heavy atom. The van der Waals surface area contributed by atoms with Crippen molar-refractivity contribution >= 4 is 16.8 Å².